The summed E-state index contributed by atoms with van der Waals surface area (Å²) in [5.74, 6) is 0.131. The Morgan fingerprint density at radius 2 is 1.77 bits per heavy atom. The number of fused-ring (bicyclic) bond motifs is 1. The van der Waals surface area contributed by atoms with Crippen LogP contribution in [-0.4, -0.2) is 34.8 Å². The Balaban J connectivity index is 1.50. The average molecular weight is 318 g/mol. The Kier molecular flexibility index (Phi) is 3.78. The van der Waals surface area contributed by atoms with E-state index in [1.807, 2.05) is 0 Å². The quantitative estimate of drug-likeness (QED) is 0.804. The van der Waals surface area contributed by atoms with Crippen LogP contribution in [0.1, 0.15) is 49.4 Å². The van der Waals surface area contributed by atoms with Crippen molar-refractivity contribution in [1.82, 2.24) is 9.80 Å². The van der Waals surface area contributed by atoms with E-state index in [2.05, 4.69) is 22.4 Å². The third-order valence-corrected chi connectivity index (χ3v) is 6.46. The first-order valence-corrected chi connectivity index (χ1v) is 9.26. The second-order valence-electron chi connectivity index (χ2n) is 6.73. The molecule has 4 nitrogen and oxygen atoms in total. The summed E-state index contributed by atoms with van der Waals surface area (Å²) < 4.78 is 0. The van der Waals surface area contributed by atoms with Crippen molar-refractivity contribution in [1.29, 1.82) is 0 Å². The zero-order valence-corrected chi connectivity index (χ0v) is 13.6. The molecular weight excluding hydrogens is 296 g/mol. The van der Waals surface area contributed by atoms with Crippen molar-refractivity contribution in [2.24, 2.45) is 11.8 Å². The number of imide groups is 1. The maximum atomic E-state index is 12.6. The molecule has 3 aliphatic rings. The fourth-order valence-electron chi connectivity index (χ4n) is 4.35. The lowest BCUT2D eigenvalue weighted by molar-refractivity contribution is -0.142. The lowest BCUT2D eigenvalue weighted by Crippen LogP contribution is -2.41. The summed E-state index contributed by atoms with van der Waals surface area (Å²) in [6.45, 7) is 1.47. The first kappa shape index (κ1) is 14.4. The largest absolute Gasteiger partial charge is 0.278 e. The van der Waals surface area contributed by atoms with E-state index in [1.54, 1.807) is 16.2 Å². The van der Waals surface area contributed by atoms with Gasteiger partial charge in [-0.05, 0) is 37.1 Å². The first-order valence-electron chi connectivity index (χ1n) is 8.38. The molecule has 3 atom stereocenters. The van der Waals surface area contributed by atoms with Crippen LogP contribution in [0.5, 0.6) is 0 Å². The summed E-state index contributed by atoms with van der Waals surface area (Å²) in [5, 5.41) is 2.10. The maximum Gasteiger partial charge on any atom is 0.234 e. The minimum Gasteiger partial charge on any atom is -0.278 e. The number of carbonyl (C=O) groups excluding carboxylic acids is 2. The molecule has 0 radical (unpaired) electrons. The summed E-state index contributed by atoms with van der Waals surface area (Å²) >= 11 is 1.77. The molecule has 0 spiro atoms. The van der Waals surface area contributed by atoms with Gasteiger partial charge in [0.05, 0.1) is 18.5 Å². The van der Waals surface area contributed by atoms with E-state index < -0.39 is 0 Å². The summed E-state index contributed by atoms with van der Waals surface area (Å²) in [4.78, 5) is 30.5. The Morgan fingerprint density at radius 1 is 1.05 bits per heavy atom. The highest BCUT2D eigenvalue weighted by Gasteiger charge is 2.48. The van der Waals surface area contributed by atoms with E-state index in [1.165, 1.54) is 4.88 Å². The van der Waals surface area contributed by atoms with E-state index in [-0.39, 0.29) is 23.7 Å². The molecule has 0 N–H and O–H groups in total. The molecule has 118 valence electrons. The van der Waals surface area contributed by atoms with Crippen LogP contribution >= 0.6 is 11.3 Å². The first-order chi connectivity index (χ1) is 10.8. The van der Waals surface area contributed by atoms with Gasteiger partial charge in [0.2, 0.25) is 11.8 Å². The zero-order chi connectivity index (χ0) is 15.1. The Morgan fingerprint density at radius 3 is 2.41 bits per heavy atom. The molecule has 1 aromatic heterocycles. The van der Waals surface area contributed by atoms with Gasteiger partial charge in [-0.15, -0.1) is 11.3 Å². The standard InChI is InChI=1S/C17H22N2O2S/c20-16-12-5-1-2-6-13(12)17(21)19(16)11-18-9-3-7-14(18)15-8-4-10-22-15/h4,8,10,12-14H,1-3,5-7,9,11H2/t12-,13+,14-/m1/s1. The van der Waals surface area contributed by atoms with Crippen molar-refractivity contribution in [2.75, 3.05) is 13.2 Å². The van der Waals surface area contributed by atoms with Gasteiger partial charge in [0.15, 0.2) is 0 Å². The normalized spacial score (nSPS) is 32.7. The molecule has 2 saturated heterocycles. The number of carbonyl (C=O) groups is 2. The van der Waals surface area contributed by atoms with Gasteiger partial charge in [0.25, 0.3) is 0 Å². The third kappa shape index (κ3) is 2.31. The third-order valence-electron chi connectivity index (χ3n) is 5.49. The highest BCUT2D eigenvalue weighted by atomic mass is 32.1. The van der Waals surface area contributed by atoms with Crippen LogP contribution in [0, 0.1) is 11.8 Å². The Labute approximate surface area is 135 Å². The average Bonchev–Trinajstić information content (AvgIpc) is 3.25. The van der Waals surface area contributed by atoms with Crippen molar-refractivity contribution in [2.45, 2.75) is 44.6 Å². The van der Waals surface area contributed by atoms with Crippen LogP contribution < -0.4 is 0 Å². The summed E-state index contributed by atoms with van der Waals surface area (Å²) in [7, 11) is 0. The molecule has 2 aliphatic heterocycles. The van der Waals surface area contributed by atoms with Crippen molar-refractivity contribution in [3.05, 3.63) is 22.4 Å². The number of thiophene rings is 1. The van der Waals surface area contributed by atoms with Crippen LogP contribution in [0.25, 0.3) is 0 Å². The molecule has 4 rings (SSSR count). The molecule has 22 heavy (non-hydrogen) atoms. The van der Waals surface area contributed by atoms with Gasteiger partial charge < -0.3 is 0 Å². The number of nitrogens with zero attached hydrogens (tertiary/aromatic N) is 2. The molecule has 1 saturated carbocycles. The van der Waals surface area contributed by atoms with Crippen LogP contribution in [-0.2, 0) is 9.59 Å². The molecule has 0 unspecified atom stereocenters. The second kappa shape index (κ2) is 5.78. The second-order valence-corrected chi connectivity index (χ2v) is 7.71. The minimum absolute atomic E-state index is 0.0240. The molecule has 1 aromatic rings. The van der Waals surface area contributed by atoms with Crippen LogP contribution in [0.2, 0.25) is 0 Å². The van der Waals surface area contributed by atoms with Gasteiger partial charge in [-0.25, -0.2) is 0 Å². The molecular formula is C17H22N2O2S. The molecule has 3 heterocycles. The summed E-state index contributed by atoms with van der Waals surface area (Å²) in [5.41, 5.74) is 0. The van der Waals surface area contributed by atoms with Crippen molar-refractivity contribution < 1.29 is 9.59 Å². The lowest BCUT2D eigenvalue weighted by atomic mass is 9.81. The predicted octanol–water partition coefficient (Wildman–Crippen LogP) is 3.02. The summed E-state index contributed by atoms with van der Waals surface area (Å²) in [6, 6.07) is 4.63. The van der Waals surface area contributed by atoms with Gasteiger partial charge in [-0.3, -0.25) is 19.4 Å². The fraction of sp³-hybridized carbons (Fsp3) is 0.647. The van der Waals surface area contributed by atoms with Crippen LogP contribution in [0.3, 0.4) is 0 Å². The molecule has 3 fully saturated rings. The number of likely N-dealkylation sites (tertiary alicyclic amines) is 2. The number of amides is 2. The van der Waals surface area contributed by atoms with Crippen molar-refractivity contribution in [3.63, 3.8) is 0 Å². The fourth-order valence-corrected chi connectivity index (χ4v) is 5.25. The van der Waals surface area contributed by atoms with Gasteiger partial charge in [-0.2, -0.15) is 0 Å². The zero-order valence-electron chi connectivity index (χ0n) is 12.7. The smallest absolute Gasteiger partial charge is 0.234 e. The summed E-state index contributed by atoms with van der Waals surface area (Å²) in [6.07, 6.45) is 6.26. The number of hydrogen-bond acceptors (Lipinski definition) is 4. The Bertz CT molecular complexity index is 547. The minimum atomic E-state index is -0.0240. The molecule has 0 aromatic carbocycles. The van der Waals surface area contributed by atoms with Crippen LogP contribution in [0.4, 0.5) is 0 Å². The van der Waals surface area contributed by atoms with Gasteiger partial charge in [0, 0.05) is 17.5 Å². The van der Waals surface area contributed by atoms with E-state index >= 15 is 0 Å². The van der Waals surface area contributed by atoms with Crippen LogP contribution in [0.15, 0.2) is 17.5 Å². The highest BCUT2D eigenvalue weighted by Crippen LogP contribution is 2.40. The van der Waals surface area contributed by atoms with Crippen molar-refractivity contribution in [3.8, 4) is 0 Å². The van der Waals surface area contributed by atoms with Gasteiger partial charge in [-0.1, -0.05) is 18.9 Å². The van der Waals surface area contributed by atoms with E-state index in [0.29, 0.717) is 12.7 Å². The Hall–Kier alpha value is -1.20. The monoisotopic (exact) mass is 318 g/mol. The molecule has 1 aliphatic carbocycles. The number of hydrogen-bond donors (Lipinski definition) is 0. The topological polar surface area (TPSA) is 40.6 Å². The lowest BCUT2D eigenvalue weighted by Gasteiger charge is -2.28. The molecule has 5 heteroatoms. The SMILES string of the molecule is O=C1[C@H]2CCCC[C@H]2C(=O)N1CN1CCC[C@@H]1c1cccs1. The maximum absolute atomic E-state index is 12.6. The van der Waals surface area contributed by atoms with Gasteiger partial charge in [0.1, 0.15) is 0 Å². The van der Waals surface area contributed by atoms with E-state index in [9.17, 15) is 9.59 Å². The van der Waals surface area contributed by atoms with Gasteiger partial charge >= 0.3 is 0 Å². The van der Waals surface area contributed by atoms with E-state index in [0.717, 1.165) is 45.1 Å². The number of rotatable bonds is 3. The highest BCUT2D eigenvalue weighted by molar-refractivity contribution is 7.10. The predicted molar refractivity (Wildman–Crippen MR) is 85.2 cm³/mol. The molecule has 2 amide bonds. The van der Waals surface area contributed by atoms with E-state index in [4.69, 9.17) is 0 Å². The van der Waals surface area contributed by atoms with Crippen molar-refractivity contribution >= 4 is 23.2 Å². The molecule has 0 bridgehead atoms.